The van der Waals surface area contributed by atoms with E-state index in [9.17, 15) is 4.79 Å². The second-order valence-electron chi connectivity index (χ2n) is 6.98. The maximum Gasteiger partial charge on any atom is 0.279 e. The molecule has 0 spiro atoms. The first-order chi connectivity index (χ1) is 13.3. The fraction of sp³-hybridized carbons (Fsp3) is 0.250. The minimum absolute atomic E-state index is 0.142. The van der Waals surface area contributed by atoms with Crippen molar-refractivity contribution in [3.63, 3.8) is 0 Å². The molecule has 0 amide bonds. The molecule has 0 bridgehead atoms. The second-order valence-corrected chi connectivity index (χ2v) is 8.15. The fourth-order valence-electron chi connectivity index (χ4n) is 3.12. The van der Waals surface area contributed by atoms with Gasteiger partial charge >= 0.3 is 0 Å². The van der Waals surface area contributed by atoms with Crippen LogP contribution in [0.25, 0.3) is 16.8 Å². The van der Waals surface area contributed by atoms with Crippen molar-refractivity contribution in [3.05, 3.63) is 62.6 Å². The fourth-order valence-corrected chi connectivity index (χ4v) is 3.94. The molecule has 7 nitrogen and oxygen atoms in total. The highest BCUT2D eigenvalue weighted by atomic mass is 127. The van der Waals surface area contributed by atoms with Gasteiger partial charge in [0.2, 0.25) is 5.88 Å². The molecule has 28 heavy (non-hydrogen) atoms. The van der Waals surface area contributed by atoms with Gasteiger partial charge < -0.3 is 4.74 Å². The lowest BCUT2D eigenvalue weighted by Gasteiger charge is -2.12. The van der Waals surface area contributed by atoms with E-state index in [-0.39, 0.29) is 11.5 Å². The maximum absolute atomic E-state index is 12.7. The molecule has 4 rings (SSSR count). The molecule has 0 fully saturated rings. The Bertz CT molecular complexity index is 1220. The number of rotatable bonds is 4. The molecule has 0 aliphatic rings. The summed E-state index contributed by atoms with van der Waals surface area (Å²) in [4.78, 5) is 17.0. The summed E-state index contributed by atoms with van der Waals surface area (Å²) in [5.74, 6) is 2.13. The molecule has 0 saturated heterocycles. The summed E-state index contributed by atoms with van der Waals surface area (Å²) >= 11 is 2.27. The third-order valence-electron chi connectivity index (χ3n) is 4.57. The standard InChI is InChI=1S/C20H20IN5O2/c1-12(2)19-22-9-16-20(27)25(4)17(11-26(16)19)28-14-7-5-13(6-8-14)18-15(21)10-24(3)23-18/h5-12H,1-4H3. The van der Waals surface area contributed by atoms with Crippen molar-refractivity contribution >= 4 is 28.1 Å². The van der Waals surface area contributed by atoms with Crippen molar-refractivity contribution in [2.75, 3.05) is 0 Å². The number of aryl methyl sites for hydroxylation is 1. The van der Waals surface area contributed by atoms with Crippen molar-refractivity contribution in [2.24, 2.45) is 14.1 Å². The van der Waals surface area contributed by atoms with E-state index in [1.165, 1.54) is 4.57 Å². The van der Waals surface area contributed by atoms with E-state index in [1.807, 2.05) is 62.0 Å². The molecule has 0 saturated carbocycles. The van der Waals surface area contributed by atoms with Crippen LogP contribution >= 0.6 is 22.6 Å². The first-order valence-corrected chi connectivity index (χ1v) is 9.97. The summed E-state index contributed by atoms with van der Waals surface area (Å²) in [6, 6.07) is 7.69. The van der Waals surface area contributed by atoms with Crippen LogP contribution < -0.4 is 10.3 Å². The predicted octanol–water partition coefficient (Wildman–Crippen LogP) is 3.95. The molecule has 1 aromatic carbocycles. The molecule has 3 heterocycles. The van der Waals surface area contributed by atoms with E-state index in [4.69, 9.17) is 4.74 Å². The van der Waals surface area contributed by atoms with Crippen LogP contribution in [0.15, 0.2) is 47.7 Å². The average Bonchev–Trinajstić information content (AvgIpc) is 3.23. The van der Waals surface area contributed by atoms with E-state index in [2.05, 4.69) is 32.7 Å². The molecule has 0 radical (unpaired) electrons. The molecule has 0 aliphatic carbocycles. The maximum atomic E-state index is 12.7. The van der Waals surface area contributed by atoms with Gasteiger partial charge in [0.1, 0.15) is 22.8 Å². The van der Waals surface area contributed by atoms with E-state index in [1.54, 1.807) is 17.9 Å². The minimum atomic E-state index is -0.142. The van der Waals surface area contributed by atoms with Gasteiger partial charge in [-0.15, -0.1) is 0 Å². The molecular weight excluding hydrogens is 469 g/mol. The molecule has 144 valence electrons. The van der Waals surface area contributed by atoms with Crippen LogP contribution in [-0.4, -0.2) is 23.7 Å². The molecule has 0 unspecified atom stereocenters. The highest BCUT2D eigenvalue weighted by molar-refractivity contribution is 14.1. The first-order valence-electron chi connectivity index (χ1n) is 8.89. The summed E-state index contributed by atoms with van der Waals surface area (Å²) in [6.07, 6.45) is 5.40. The summed E-state index contributed by atoms with van der Waals surface area (Å²) < 4.78 is 12.2. The van der Waals surface area contributed by atoms with Crippen molar-refractivity contribution in [3.8, 4) is 22.9 Å². The smallest absolute Gasteiger partial charge is 0.279 e. The Balaban J connectivity index is 1.70. The van der Waals surface area contributed by atoms with Crippen molar-refractivity contribution in [2.45, 2.75) is 19.8 Å². The molecule has 3 aromatic heterocycles. The number of imidazole rings is 1. The third kappa shape index (κ3) is 3.21. The van der Waals surface area contributed by atoms with Crippen LogP contribution in [0.5, 0.6) is 11.6 Å². The van der Waals surface area contributed by atoms with Gasteiger partial charge in [-0.3, -0.25) is 18.4 Å². The number of ether oxygens (including phenoxy) is 1. The Morgan fingerprint density at radius 2 is 1.82 bits per heavy atom. The molecule has 0 N–H and O–H groups in total. The van der Waals surface area contributed by atoms with Gasteiger partial charge in [-0.1, -0.05) is 13.8 Å². The van der Waals surface area contributed by atoms with Gasteiger partial charge in [-0.25, -0.2) is 4.98 Å². The Morgan fingerprint density at radius 1 is 1.11 bits per heavy atom. The summed E-state index contributed by atoms with van der Waals surface area (Å²) in [7, 11) is 3.60. The van der Waals surface area contributed by atoms with Gasteiger partial charge in [0.15, 0.2) is 0 Å². The summed E-state index contributed by atoms with van der Waals surface area (Å²) in [5, 5.41) is 4.49. The summed E-state index contributed by atoms with van der Waals surface area (Å²) in [5.41, 5.74) is 2.34. The van der Waals surface area contributed by atoms with E-state index in [0.717, 1.165) is 20.7 Å². The Hall–Kier alpha value is -2.62. The van der Waals surface area contributed by atoms with Crippen LogP contribution in [0.4, 0.5) is 0 Å². The van der Waals surface area contributed by atoms with Gasteiger partial charge in [0.05, 0.1) is 16.0 Å². The zero-order valence-electron chi connectivity index (χ0n) is 16.0. The summed E-state index contributed by atoms with van der Waals surface area (Å²) in [6.45, 7) is 4.09. The van der Waals surface area contributed by atoms with Gasteiger partial charge in [0, 0.05) is 31.8 Å². The van der Waals surface area contributed by atoms with Crippen LogP contribution in [0.2, 0.25) is 0 Å². The number of aromatic nitrogens is 5. The van der Waals surface area contributed by atoms with E-state index >= 15 is 0 Å². The number of fused-ring (bicyclic) bond motifs is 1. The Labute approximate surface area is 175 Å². The van der Waals surface area contributed by atoms with Gasteiger partial charge in [0.25, 0.3) is 5.56 Å². The number of benzene rings is 1. The number of nitrogens with zero attached hydrogens (tertiary/aromatic N) is 5. The number of hydrogen-bond donors (Lipinski definition) is 0. The van der Waals surface area contributed by atoms with Gasteiger partial charge in [-0.2, -0.15) is 5.10 Å². The highest BCUT2D eigenvalue weighted by Gasteiger charge is 2.15. The normalized spacial score (nSPS) is 11.5. The van der Waals surface area contributed by atoms with Crippen LogP contribution in [-0.2, 0) is 14.1 Å². The third-order valence-corrected chi connectivity index (χ3v) is 5.36. The van der Waals surface area contributed by atoms with Crippen molar-refractivity contribution in [1.82, 2.24) is 23.7 Å². The van der Waals surface area contributed by atoms with E-state index in [0.29, 0.717) is 17.1 Å². The molecule has 0 atom stereocenters. The molecule has 4 aromatic rings. The second kappa shape index (κ2) is 7.08. The van der Waals surface area contributed by atoms with Crippen LogP contribution in [0.1, 0.15) is 25.6 Å². The lowest BCUT2D eigenvalue weighted by molar-refractivity contribution is 0.430. The van der Waals surface area contributed by atoms with Gasteiger partial charge in [-0.05, 0) is 46.9 Å². The first kappa shape index (κ1) is 18.7. The predicted molar refractivity (Wildman–Crippen MR) is 116 cm³/mol. The molecular formula is C20H20IN5O2. The highest BCUT2D eigenvalue weighted by Crippen LogP contribution is 2.27. The van der Waals surface area contributed by atoms with E-state index < -0.39 is 0 Å². The lowest BCUT2D eigenvalue weighted by Crippen LogP contribution is -2.20. The SMILES string of the molecule is CC(C)c1ncc2c(=O)n(C)c(Oc3ccc(-c4nn(C)cc4I)cc3)cn12. The van der Waals surface area contributed by atoms with Crippen molar-refractivity contribution in [1.29, 1.82) is 0 Å². The monoisotopic (exact) mass is 489 g/mol. The minimum Gasteiger partial charge on any atom is -0.439 e. The molecule has 0 aliphatic heterocycles. The Kier molecular flexibility index (Phi) is 4.74. The topological polar surface area (TPSA) is 66.4 Å². The van der Waals surface area contributed by atoms with Crippen molar-refractivity contribution < 1.29 is 4.74 Å². The number of halogens is 1. The largest absolute Gasteiger partial charge is 0.439 e. The zero-order valence-corrected chi connectivity index (χ0v) is 18.2. The van der Waals surface area contributed by atoms with Crippen LogP contribution in [0.3, 0.4) is 0 Å². The number of hydrogen-bond acceptors (Lipinski definition) is 4. The average molecular weight is 489 g/mol. The van der Waals surface area contributed by atoms with Crippen LogP contribution in [0, 0.1) is 3.57 Å². The lowest BCUT2D eigenvalue weighted by atomic mass is 10.1. The quantitative estimate of drug-likeness (QED) is 0.408. The Morgan fingerprint density at radius 3 is 2.43 bits per heavy atom. The molecule has 8 heteroatoms. The zero-order chi connectivity index (χ0) is 20.0.